The molecule has 1 heterocycles. The van der Waals surface area contributed by atoms with Crippen molar-refractivity contribution in [3.8, 4) is 5.75 Å². The molecule has 2 rings (SSSR count). The van der Waals surface area contributed by atoms with Crippen LogP contribution < -0.4 is 15.4 Å². The van der Waals surface area contributed by atoms with Gasteiger partial charge in [-0.15, -0.1) is 24.0 Å². The fraction of sp³-hybridized carbons (Fsp3) is 0.476. The molecule has 1 aromatic carbocycles. The van der Waals surface area contributed by atoms with Crippen molar-refractivity contribution in [3.63, 3.8) is 0 Å². The second-order valence-corrected chi connectivity index (χ2v) is 6.62. The number of aliphatic hydroxyl groups is 1. The number of nitrogens with one attached hydrogen (secondary N) is 2. The van der Waals surface area contributed by atoms with Gasteiger partial charge in [-0.25, -0.2) is 0 Å². The van der Waals surface area contributed by atoms with Gasteiger partial charge >= 0.3 is 0 Å². The summed E-state index contributed by atoms with van der Waals surface area (Å²) in [5.74, 6) is 2.32. The molecule has 0 aliphatic carbocycles. The van der Waals surface area contributed by atoms with E-state index in [4.69, 9.17) is 13.9 Å². The molecule has 0 aliphatic rings. The van der Waals surface area contributed by atoms with Gasteiger partial charge in [-0.3, -0.25) is 4.99 Å². The van der Waals surface area contributed by atoms with Crippen LogP contribution >= 0.6 is 24.0 Å². The molecule has 3 N–H and O–H groups in total. The molecule has 1 aromatic heterocycles. The van der Waals surface area contributed by atoms with Crippen molar-refractivity contribution >= 4 is 29.9 Å². The van der Waals surface area contributed by atoms with E-state index in [1.165, 1.54) is 0 Å². The Morgan fingerprint density at radius 2 is 1.86 bits per heavy atom. The highest BCUT2D eigenvalue weighted by Crippen LogP contribution is 2.19. The molecular weight excluding hydrogens is 485 g/mol. The lowest BCUT2D eigenvalue weighted by atomic mass is 10.1. The second-order valence-electron chi connectivity index (χ2n) is 6.62. The molecule has 0 spiro atoms. The van der Waals surface area contributed by atoms with Crippen molar-refractivity contribution in [3.05, 3.63) is 54.0 Å². The fourth-order valence-electron chi connectivity index (χ4n) is 2.53. The Hall–Kier alpha value is -1.78. The zero-order valence-electron chi connectivity index (χ0n) is 17.3. The third kappa shape index (κ3) is 10.00. The maximum atomic E-state index is 10.4. The van der Waals surface area contributed by atoms with Gasteiger partial charge in [-0.2, -0.15) is 0 Å². The first-order chi connectivity index (χ1) is 13.6. The van der Waals surface area contributed by atoms with Gasteiger partial charge < -0.3 is 29.6 Å². The number of ether oxygens (including phenoxy) is 2. The van der Waals surface area contributed by atoms with Crippen LogP contribution in [0.1, 0.15) is 31.3 Å². The SMILES string of the molecule is COCCNC(=NCC(O)c1ccc(OC(C)C)cc1)NCCc1ccco1.I. The molecule has 0 saturated heterocycles. The van der Waals surface area contributed by atoms with Crippen molar-refractivity contribution in [2.24, 2.45) is 4.99 Å². The number of furan rings is 1. The first-order valence-corrected chi connectivity index (χ1v) is 9.56. The first kappa shape index (κ1) is 25.3. The summed E-state index contributed by atoms with van der Waals surface area (Å²) >= 11 is 0. The number of aliphatic imine (C=N–C) groups is 1. The van der Waals surface area contributed by atoms with Gasteiger partial charge in [0.2, 0.25) is 0 Å². The minimum Gasteiger partial charge on any atom is -0.491 e. The molecule has 162 valence electrons. The van der Waals surface area contributed by atoms with Gasteiger partial charge in [-0.05, 0) is 43.7 Å². The van der Waals surface area contributed by atoms with Crippen LogP contribution in [0.15, 0.2) is 52.1 Å². The van der Waals surface area contributed by atoms with Crippen molar-refractivity contribution in [2.75, 3.05) is 33.4 Å². The number of nitrogens with zero attached hydrogens (tertiary/aromatic N) is 1. The van der Waals surface area contributed by atoms with Crippen LogP contribution in [0.4, 0.5) is 0 Å². The van der Waals surface area contributed by atoms with Crippen molar-refractivity contribution in [2.45, 2.75) is 32.5 Å². The molecule has 0 amide bonds. The Balaban J connectivity index is 0.00000420. The summed E-state index contributed by atoms with van der Waals surface area (Å²) in [6.45, 7) is 6.07. The van der Waals surface area contributed by atoms with E-state index in [1.807, 2.05) is 50.2 Å². The van der Waals surface area contributed by atoms with Gasteiger partial charge in [0.25, 0.3) is 0 Å². The summed E-state index contributed by atoms with van der Waals surface area (Å²) in [4.78, 5) is 4.49. The molecule has 0 bridgehead atoms. The molecule has 1 unspecified atom stereocenters. The molecule has 0 saturated carbocycles. The highest BCUT2D eigenvalue weighted by Gasteiger charge is 2.09. The van der Waals surface area contributed by atoms with Crippen LogP contribution in [0.5, 0.6) is 5.75 Å². The van der Waals surface area contributed by atoms with Crippen LogP contribution in [-0.4, -0.2) is 50.5 Å². The van der Waals surface area contributed by atoms with E-state index in [0.29, 0.717) is 25.7 Å². The van der Waals surface area contributed by atoms with Crippen molar-refractivity contribution < 1.29 is 19.0 Å². The van der Waals surface area contributed by atoms with Crippen LogP contribution in [0.3, 0.4) is 0 Å². The molecule has 0 aliphatic heterocycles. The largest absolute Gasteiger partial charge is 0.491 e. The number of aliphatic hydroxyl groups excluding tert-OH is 1. The number of halogens is 1. The lowest BCUT2D eigenvalue weighted by Crippen LogP contribution is -2.40. The molecule has 0 fully saturated rings. The molecular formula is C21H32IN3O4. The van der Waals surface area contributed by atoms with E-state index < -0.39 is 6.10 Å². The van der Waals surface area contributed by atoms with Crippen LogP contribution in [-0.2, 0) is 11.2 Å². The summed E-state index contributed by atoms with van der Waals surface area (Å²) in [6, 6.07) is 11.3. The number of guanidine groups is 1. The molecule has 2 aromatic rings. The number of benzene rings is 1. The van der Waals surface area contributed by atoms with Gasteiger partial charge in [-0.1, -0.05) is 12.1 Å². The normalized spacial score (nSPS) is 12.4. The average molecular weight is 517 g/mol. The third-order valence-corrected chi connectivity index (χ3v) is 3.90. The average Bonchev–Trinajstić information content (AvgIpc) is 3.19. The Kier molecular flexibility index (Phi) is 12.4. The Morgan fingerprint density at radius 3 is 2.48 bits per heavy atom. The standard InChI is InChI=1S/C21H31N3O4.HI/c1-16(2)28-19-8-6-17(7-9-19)20(25)15-24-21(23-12-14-26-3)22-11-10-18-5-4-13-27-18;/h4-9,13,16,20,25H,10-12,14-15H2,1-3H3,(H2,22,23,24);1H. The number of methoxy groups -OCH3 is 1. The van der Waals surface area contributed by atoms with E-state index in [9.17, 15) is 5.11 Å². The van der Waals surface area contributed by atoms with Crippen LogP contribution in [0.2, 0.25) is 0 Å². The maximum Gasteiger partial charge on any atom is 0.191 e. The van der Waals surface area contributed by atoms with Gasteiger partial charge in [0.15, 0.2) is 5.96 Å². The van der Waals surface area contributed by atoms with Crippen LogP contribution in [0.25, 0.3) is 0 Å². The van der Waals surface area contributed by atoms with Gasteiger partial charge in [0.1, 0.15) is 11.5 Å². The van der Waals surface area contributed by atoms with Gasteiger partial charge in [0, 0.05) is 26.6 Å². The molecule has 29 heavy (non-hydrogen) atoms. The topological polar surface area (TPSA) is 88.2 Å². The van der Waals surface area contributed by atoms with E-state index in [1.54, 1.807) is 13.4 Å². The Bertz CT molecular complexity index is 690. The lowest BCUT2D eigenvalue weighted by Gasteiger charge is -2.15. The minimum atomic E-state index is -0.695. The molecule has 7 nitrogen and oxygen atoms in total. The van der Waals surface area contributed by atoms with E-state index in [0.717, 1.165) is 23.5 Å². The first-order valence-electron chi connectivity index (χ1n) is 9.56. The molecule has 1 atom stereocenters. The van der Waals surface area contributed by atoms with E-state index in [-0.39, 0.29) is 36.6 Å². The van der Waals surface area contributed by atoms with Crippen molar-refractivity contribution in [1.82, 2.24) is 10.6 Å². The fourth-order valence-corrected chi connectivity index (χ4v) is 2.53. The summed E-state index contributed by atoms with van der Waals surface area (Å²) in [7, 11) is 1.65. The predicted molar refractivity (Wildman–Crippen MR) is 125 cm³/mol. The number of hydrogen-bond donors (Lipinski definition) is 3. The van der Waals surface area contributed by atoms with Gasteiger partial charge in [0.05, 0.1) is 31.6 Å². The van der Waals surface area contributed by atoms with Crippen molar-refractivity contribution in [1.29, 1.82) is 0 Å². The summed E-state index contributed by atoms with van der Waals surface area (Å²) < 4.78 is 16.0. The highest BCUT2D eigenvalue weighted by molar-refractivity contribution is 14.0. The summed E-state index contributed by atoms with van der Waals surface area (Å²) in [5.41, 5.74) is 0.798. The zero-order chi connectivity index (χ0) is 20.2. The highest BCUT2D eigenvalue weighted by atomic mass is 127. The van der Waals surface area contributed by atoms with E-state index >= 15 is 0 Å². The summed E-state index contributed by atoms with van der Waals surface area (Å²) in [6.07, 6.45) is 1.83. The quantitative estimate of drug-likeness (QED) is 0.184. The lowest BCUT2D eigenvalue weighted by molar-refractivity contribution is 0.186. The summed E-state index contributed by atoms with van der Waals surface area (Å²) in [5, 5.41) is 16.9. The maximum absolute atomic E-state index is 10.4. The molecule has 0 radical (unpaired) electrons. The van der Waals surface area contributed by atoms with Crippen LogP contribution in [0, 0.1) is 0 Å². The number of hydrogen-bond acceptors (Lipinski definition) is 5. The molecule has 8 heteroatoms. The minimum absolute atomic E-state index is 0. The second kappa shape index (κ2) is 14.2. The number of rotatable bonds is 11. The monoisotopic (exact) mass is 517 g/mol. The smallest absolute Gasteiger partial charge is 0.191 e. The predicted octanol–water partition coefficient (Wildman–Crippen LogP) is 3.14. The Morgan fingerprint density at radius 1 is 1.14 bits per heavy atom. The third-order valence-electron chi connectivity index (χ3n) is 3.90. The Labute approximate surface area is 189 Å². The zero-order valence-corrected chi connectivity index (χ0v) is 19.6. The van der Waals surface area contributed by atoms with E-state index in [2.05, 4.69) is 15.6 Å².